The summed E-state index contributed by atoms with van der Waals surface area (Å²) in [6.45, 7) is 10.9. The van der Waals surface area contributed by atoms with Gasteiger partial charge in [-0.2, -0.15) is 0 Å². The number of hydrogen-bond donors (Lipinski definition) is 0. The van der Waals surface area contributed by atoms with Gasteiger partial charge in [-0.15, -0.1) is 0 Å². The molecule has 1 fully saturated rings. The van der Waals surface area contributed by atoms with E-state index in [0.717, 1.165) is 41.5 Å². The molecule has 0 N–H and O–H groups in total. The SMILES string of the molecule is CCC(C)(C)c1ccc(OC)c(Cc2ccc(C(=O)N3CCN(c4ccc(OC)cc4)C(C)C3)o2)c1. The molecule has 1 saturated heterocycles. The largest absolute Gasteiger partial charge is 0.497 e. The van der Waals surface area contributed by atoms with E-state index in [0.29, 0.717) is 25.3 Å². The van der Waals surface area contributed by atoms with Gasteiger partial charge in [-0.1, -0.05) is 32.9 Å². The fraction of sp³-hybridized carbons (Fsp3) is 0.433. The second kappa shape index (κ2) is 10.7. The molecule has 0 saturated carbocycles. The minimum absolute atomic E-state index is 0.0599. The lowest BCUT2D eigenvalue weighted by Gasteiger charge is -2.41. The molecular weight excluding hydrogens is 452 g/mol. The number of nitrogens with zero attached hydrogens (tertiary/aromatic N) is 2. The minimum atomic E-state index is -0.0599. The topological polar surface area (TPSA) is 55.2 Å². The van der Waals surface area contributed by atoms with Crippen LogP contribution in [0.3, 0.4) is 0 Å². The Morgan fingerprint density at radius 3 is 2.42 bits per heavy atom. The van der Waals surface area contributed by atoms with Gasteiger partial charge in [0.05, 0.1) is 14.2 Å². The van der Waals surface area contributed by atoms with Crippen molar-refractivity contribution >= 4 is 11.6 Å². The van der Waals surface area contributed by atoms with E-state index < -0.39 is 0 Å². The van der Waals surface area contributed by atoms with E-state index in [2.05, 4.69) is 56.9 Å². The molecule has 6 nitrogen and oxygen atoms in total. The number of anilines is 1. The second-order valence-electron chi connectivity index (χ2n) is 10.2. The molecule has 1 aliphatic rings. The van der Waals surface area contributed by atoms with Crippen molar-refractivity contribution in [3.63, 3.8) is 0 Å². The lowest BCUT2D eigenvalue weighted by Crippen LogP contribution is -2.53. The normalized spacial score (nSPS) is 16.2. The molecule has 1 atom stereocenters. The molecule has 0 bridgehead atoms. The number of benzene rings is 2. The van der Waals surface area contributed by atoms with Gasteiger partial charge in [0.15, 0.2) is 5.76 Å². The summed E-state index contributed by atoms with van der Waals surface area (Å²) in [7, 11) is 3.36. The molecule has 3 aromatic rings. The van der Waals surface area contributed by atoms with Gasteiger partial charge in [0.25, 0.3) is 5.91 Å². The number of furan rings is 1. The van der Waals surface area contributed by atoms with Crippen molar-refractivity contribution in [3.05, 3.63) is 77.2 Å². The number of piperazine rings is 1. The molecule has 0 radical (unpaired) electrons. The van der Waals surface area contributed by atoms with E-state index in [1.165, 1.54) is 5.56 Å². The highest BCUT2D eigenvalue weighted by atomic mass is 16.5. The van der Waals surface area contributed by atoms with E-state index >= 15 is 0 Å². The summed E-state index contributed by atoms with van der Waals surface area (Å²) in [6, 6.07) is 18.3. The van der Waals surface area contributed by atoms with Crippen LogP contribution in [0.5, 0.6) is 11.5 Å². The molecule has 36 heavy (non-hydrogen) atoms. The zero-order valence-corrected chi connectivity index (χ0v) is 22.3. The van der Waals surface area contributed by atoms with Crippen molar-refractivity contribution in [3.8, 4) is 11.5 Å². The molecule has 4 rings (SSSR count). The van der Waals surface area contributed by atoms with Crippen LogP contribution in [-0.2, 0) is 11.8 Å². The fourth-order valence-corrected chi connectivity index (χ4v) is 4.77. The van der Waals surface area contributed by atoms with Crippen LogP contribution in [0.2, 0.25) is 0 Å². The molecule has 1 unspecified atom stereocenters. The van der Waals surface area contributed by atoms with Gasteiger partial charge < -0.3 is 23.7 Å². The lowest BCUT2D eigenvalue weighted by atomic mass is 9.81. The third kappa shape index (κ3) is 5.38. The van der Waals surface area contributed by atoms with Crippen LogP contribution in [0.25, 0.3) is 0 Å². The molecular formula is C30H38N2O4. The molecule has 1 amide bonds. The number of carbonyl (C=O) groups is 1. The predicted molar refractivity (Wildman–Crippen MR) is 144 cm³/mol. The highest BCUT2D eigenvalue weighted by Crippen LogP contribution is 2.32. The van der Waals surface area contributed by atoms with Crippen molar-refractivity contribution in [1.82, 2.24) is 4.90 Å². The van der Waals surface area contributed by atoms with Gasteiger partial charge in [-0.05, 0) is 66.8 Å². The number of hydrogen-bond acceptors (Lipinski definition) is 5. The molecule has 2 heterocycles. The van der Waals surface area contributed by atoms with Crippen molar-refractivity contribution < 1.29 is 18.7 Å². The first-order valence-corrected chi connectivity index (χ1v) is 12.7. The molecule has 1 aromatic heterocycles. The Bertz CT molecular complexity index is 1180. The number of methoxy groups -OCH3 is 2. The maximum atomic E-state index is 13.3. The van der Waals surface area contributed by atoms with Gasteiger partial charge in [-0.25, -0.2) is 0 Å². The molecule has 0 aliphatic carbocycles. The van der Waals surface area contributed by atoms with Gasteiger partial charge in [0.2, 0.25) is 0 Å². The summed E-state index contributed by atoms with van der Waals surface area (Å²) in [5.74, 6) is 2.76. The average molecular weight is 491 g/mol. The van der Waals surface area contributed by atoms with Crippen molar-refractivity contribution in [2.45, 2.75) is 52.0 Å². The summed E-state index contributed by atoms with van der Waals surface area (Å²) in [6.07, 6.45) is 1.62. The second-order valence-corrected chi connectivity index (χ2v) is 10.2. The van der Waals surface area contributed by atoms with Crippen LogP contribution >= 0.6 is 0 Å². The minimum Gasteiger partial charge on any atom is -0.497 e. The zero-order valence-electron chi connectivity index (χ0n) is 22.3. The molecule has 192 valence electrons. The quantitative estimate of drug-likeness (QED) is 0.392. The van der Waals surface area contributed by atoms with Gasteiger partial charge in [0, 0.05) is 43.3 Å². The highest BCUT2D eigenvalue weighted by molar-refractivity contribution is 5.91. The Hall–Kier alpha value is -3.41. The first-order valence-electron chi connectivity index (χ1n) is 12.7. The van der Waals surface area contributed by atoms with Crippen molar-refractivity contribution in [2.24, 2.45) is 0 Å². The number of amides is 1. The first-order chi connectivity index (χ1) is 17.2. The maximum Gasteiger partial charge on any atom is 0.289 e. The fourth-order valence-electron chi connectivity index (χ4n) is 4.77. The average Bonchev–Trinajstić information content (AvgIpc) is 3.36. The Balaban J connectivity index is 1.44. The summed E-state index contributed by atoms with van der Waals surface area (Å²) in [4.78, 5) is 17.5. The lowest BCUT2D eigenvalue weighted by molar-refractivity contribution is 0.0692. The summed E-state index contributed by atoms with van der Waals surface area (Å²) >= 11 is 0. The van der Waals surface area contributed by atoms with Crippen LogP contribution < -0.4 is 14.4 Å². The van der Waals surface area contributed by atoms with Crippen LogP contribution in [0, 0.1) is 0 Å². The molecule has 1 aliphatic heterocycles. The maximum absolute atomic E-state index is 13.3. The number of carbonyl (C=O) groups excluding carboxylic acids is 1. The Kier molecular flexibility index (Phi) is 7.62. The van der Waals surface area contributed by atoms with Crippen molar-refractivity contribution in [2.75, 3.05) is 38.8 Å². The zero-order chi connectivity index (χ0) is 25.9. The third-order valence-electron chi connectivity index (χ3n) is 7.50. The smallest absolute Gasteiger partial charge is 0.289 e. The monoisotopic (exact) mass is 490 g/mol. The van der Waals surface area contributed by atoms with Gasteiger partial charge in [0.1, 0.15) is 17.3 Å². The standard InChI is InChI=1S/C30H38N2O4/c1-7-30(3,4)23-8-14-27(35-6)22(18-23)19-26-13-15-28(36-26)29(33)31-16-17-32(21(2)20-31)24-9-11-25(34-5)12-10-24/h8-15,18,21H,7,16-17,19-20H2,1-6H3. The van der Waals surface area contributed by atoms with E-state index in [1.54, 1.807) is 20.3 Å². The van der Waals surface area contributed by atoms with Crippen LogP contribution in [0.1, 0.15) is 61.6 Å². The number of ether oxygens (including phenoxy) is 2. The van der Waals surface area contributed by atoms with E-state index in [-0.39, 0.29) is 17.4 Å². The van der Waals surface area contributed by atoms with Crippen molar-refractivity contribution in [1.29, 1.82) is 0 Å². The Morgan fingerprint density at radius 1 is 1.03 bits per heavy atom. The summed E-state index contributed by atoms with van der Waals surface area (Å²) in [5, 5.41) is 0. The number of rotatable bonds is 8. The van der Waals surface area contributed by atoms with Gasteiger partial charge >= 0.3 is 0 Å². The highest BCUT2D eigenvalue weighted by Gasteiger charge is 2.29. The predicted octanol–water partition coefficient (Wildman–Crippen LogP) is 5.93. The Morgan fingerprint density at radius 2 is 1.78 bits per heavy atom. The Labute approximate surface area is 214 Å². The summed E-state index contributed by atoms with van der Waals surface area (Å²) in [5.41, 5.74) is 3.55. The van der Waals surface area contributed by atoms with E-state index in [4.69, 9.17) is 13.9 Å². The van der Waals surface area contributed by atoms with Crippen LogP contribution in [0.15, 0.2) is 59.0 Å². The van der Waals surface area contributed by atoms with Crippen LogP contribution in [-0.4, -0.2) is 50.7 Å². The van der Waals surface area contributed by atoms with Gasteiger partial charge in [-0.3, -0.25) is 4.79 Å². The first kappa shape index (κ1) is 25.7. The van der Waals surface area contributed by atoms with E-state index in [1.807, 2.05) is 29.2 Å². The summed E-state index contributed by atoms with van der Waals surface area (Å²) < 4.78 is 16.9. The third-order valence-corrected chi connectivity index (χ3v) is 7.50. The van der Waals surface area contributed by atoms with E-state index in [9.17, 15) is 4.79 Å². The molecule has 2 aromatic carbocycles. The molecule has 0 spiro atoms. The molecule has 6 heteroatoms. The van der Waals surface area contributed by atoms with Crippen LogP contribution in [0.4, 0.5) is 5.69 Å².